The highest BCUT2D eigenvalue weighted by atomic mass is 16.5. The molecule has 1 spiro atoms. The molecule has 5 heteroatoms. The lowest BCUT2D eigenvalue weighted by Crippen LogP contribution is -2.74. The molecule has 4 heterocycles. The highest BCUT2D eigenvalue weighted by Crippen LogP contribution is 2.69. The van der Waals surface area contributed by atoms with Crippen molar-refractivity contribution in [3.8, 4) is 11.5 Å². The van der Waals surface area contributed by atoms with Gasteiger partial charge in [-0.25, -0.2) is 0 Å². The van der Waals surface area contributed by atoms with Crippen LogP contribution < -0.4 is 4.74 Å². The first-order valence-corrected chi connectivity index (χ1v) is 14.1. The Labute approximate surface area is 215 Å². The van der Waals surface area contributed by atoms with Crippen molar-refractivity contribution in [1.82, 2.24) is 9.47 Å². The maximum absolute atomic E-state index is 13.1. The minimum atomic E-state index is -0.925. The molecule has 186 valence electrons. The Morgan fingerprint density at radius 1 is 1.03 bits per heavy atom. The molecule has 6 aliphatic rings. The highest BCUT2D eigenvalue weighted by molar-refractivity contribution is 6.10. The van der Waals surface area contributed by atoms with E-state index >= 15 is 0 Å². The van der Waals surface area contributed by atoms with Crippen LogP contribution >= 0.6 is 0 Å². The van der Waals surface area contributed by atoms with Crippen molar-refractivity contribution in [2.45, 2.75) is 68.2 Å². The Balaban J connectivity index is 1.30. The van der Waals surface area contributed by atoms with Gasteiger partial charge in [0.05, 0.1) is 22.2 Å². The summed E-state index contributed by atoms with van der Waals surface area (Å²) in [6.45, 7) is 3.01. The number of aliphatic hydroxyl groups is 1. The van der Waals surface area contributed by atoms with Gasteiger partial charge < -0.3 is 19.5 Å². The van der Waals surface area contributed by atoms with Gasteiger partial charge in [0.2, 0.25) is 0 Å². The third-order valence-electron chi connectivity index (χ3n) is 11.1. The number of aromatic hydroxyl groups is 1. The minimum absolute atomic E-state index is 0.0728. The molecule has 3 aliphatic carbocycles. The Morgan fingerprint density at radius 2 is 1.95 bits per heavy atom. The van der Waals surface area contributed by atoms with Gasteiger partial charge in [-0.3, -0.25) is 4.90 Å². The van der Waals surface area contributed by atoms with E-state index < -0.39 is 11.0 Å². The molecule has 1 saturated carbocycles. The number of aromatic nitrogens is 1. The molecule has 1 saturated heterocycles. The third kappa shape index (κ3) is 2.09. The molecule has 10 rings (SSSR count). The number of benzene rings is 3. The van der Waals surface area contributed by atoms with E-state index in [-0.39, 0.29) is 17.9 Å². The summed E-state index contributed by atoms with van der Waals surface area (Å²) in [6.07, 6.45) is 5.72. The molecule has 1 unspecified atom stereocenters. The molecule has 2 bridgehead atoms. The van der Waals surface area contributed by atoms with Gasteiger partial charge in [0.15, 0.2) is 17.6 Å². The Bertz CT molecular complexity index is 1720. The van der Waals surface area contributed by atoms with Crippen LogP contribution in [0.4, 0.5) is 0 Å². The number of hydrogen-bond donors (Lipinski definition) is 2. The smallest absolute Gasteiger partial charge is 0.166 e. The standard InChI is InChI=1S/C32H30N2O3/c35-23-9-7-20-14-24-32(36)15-22-21-8-6-18-2-1-3-19-10-12-34(27(21)25(18)19)28(22)30-31(32,26(20)29(23)37-30)11-13-33(24)16-17-4-5-17/h1-3,6-9,17,24,30,35-36H,4-5,10-16H2/t24-,30+,31?,32-/m1/s1. The molecule has 1 aromatic heterocycles. The predicted octanol–water partition coefficient (Wildman–Crippen LogP) is 4.76. The monoisotopic (exact) mass is 490 g/mol. The molecule has 3 aliphatic heterocycles. The zero-order chi connectivity index (χ0) is 24.3. The number of phenols is 1. The van der Waals surface area contributed by atoms with Crippen molar-refractivity contribution < 1.29 is 14.9 Å². The first-order chi connectivity index (χ1) is 18.1. The van der Waals surface area contributed by atoms with Gasteiger partial charge in [-0.05, 0) is 72.7 Å². The van der Waals surface area contributed by atoms with Gasteiger partial charge in [-0.1, -0.05) is 36.4 Å². The lowest BCUT2D eigenvalue weighted by molar-refractivity contribution is -0.173. The van der Waals surface area contributed by atoms with Gasteiger partial charge in [0.25, 0.3) is 0 Å². The summed E-state index contributed by atoms with van der Waals surface area (Å²) in [6, 6.07) is 15.2. The van der Waals surface area contributed by atoms with Gasteiger partial charge >= 0.3 is 0 Å². The first-order valence-electron chi connectivity index (χ1n) is 14.1. The summed E-state index contributed by atoms with van der Waals surface area (Å²) in [5.41, 5.74) is 6.18. The number of likely N-dealkylation sites (tertiary alicyclic amines) is 1. The third-order valence-corrected chi connectivity index (χ3v) is 11.1. The number of hydrogen-bond acceptors (Lipinski definition) is 4. The van der Waals surface area contributed by atoms with Crippen LogP contribution in [0.1, 0.15) is 53.3 Å². The largest absolute Gasteiger partial charge is 0.504 e. The fraction of sp³-hybridized carbons (Fsp3) is 0.438. The number of fused-ring (bicyclic) bond motifs is 4. The fourth-order valence-corrected chi connectivity index (χ4v) is 9.46. The summed E-state index contributed by atoms with van der Waals surface area (Å²) in [5.74, 6) is 1.63. The van der Waals surface area contributed by atoms with Crippen LogP contribution in [0.5, 0.6) is 11.5 Å². The average Bonchev–Trinajstić information content (AvgIpc) is 3.56. The lowest BCUT2D eigenvalue weighted by Gasteiger charge is -2.63. The van der Waals surface area contributed by atoms with Crippen LogP contribution in [0.25, 0.3) is 21.7 Å². The van der Waals surface area contributed by atoms with E-state index in [1.807, 2.05) is 6.07 Å². The molecular formula is C32H30N2O3. The van der Waals surface area contributed by atoms with Crippen molar-refractivity contribution in [2.24, 2.45) is 5.92 Å². The maximum atomic E-state index is 13.1. The van der Waals surface area contributed by atoms with Crippen LogP contribution in [0.15, 0.2) is 42.5 Å². The van der Waals surface area contributed by atoms with E-state index in [4.69, 9.17) is 4.74 Å². The number of aryl methyl sites for hydroxylation is 2. The van der Waals surface area contributed by atoms with E-state index in [0.717, 1.165) is 50.4 Å². The van der Waals surface area contributed by atoms with Gasteiger partial charge in [-0.2, -0.15) is 0 Å². The van der Waals surface area contributed by atoms with E-state index in [1.54, 1.807) is 0 Å². The van der Waals surface area contributed by atoms with E-state index in [9.17, 15) is 10.2 Å². The van der Waals surface area contributed by atoms with Crippen LogP contribution in [0.3, 0.4) is 0 Å². The number of nitrogens with zero attached hydrogens (tertiary/aromatic N) is 2. The Hall–Kier alpha value is -3.02. The number of piperidine rings is 1. The molecule has 4 atom stereocenters. The van der Waals surface area contributed by atoms with E-state index in [1.165, 1.54) is 56.9 Å². The number of rotatable bonds is 2. The lowest BCUT2D eigenvalue weighted by atomic mass is 9.49. The molecule has 5 nitrogen and oxygen atoms in total. The number of ether oxygens (including phenoxy) is 1. The van der Waals surface area contributed by atoms with Crippen LogP contribution in [-0.2, 0) is 31.2 Å². The van der Waals surface area contributed by atoms with Gasteiger partial charge in [0, 0.05) is 41.9 Å². The SMILES string of the molecule is Oc1ccc2c3c1O[C@H]1c4c(c5ccc6cccc7c6c5n4CC7)C[C@@]4(O)[C@@H](C2)N(CC2CC2)CCC314. The summed E-state index contributed by atoms with van der Waals surface area (Å²) in [4.78, 5) is 2.61. The van der Waals surface area contributed by atoms with Gasteiger partial charge in [0.1, 0.15) is 0 Å². The Kier molecular flexibility index (Phi) is 3.33. The van der Waals surface area contributed by atoms with E-state index in [2.05, 4.69) is 45.9 Å². The molecule has 0 radical (unpaired) electrons. The molecule has 4 aromatic rings. The second kappa shape index (κ2) is 6.16. The van der Waals surface area contributed by atoms with E-state index in [0.29, 0.717) is 12.2 Å². The molecule has 3 aromatic carbocycles. The second-order valence-electron chi connectivity index (χ2n) is 12.7. The minimum Gasteiger partial charge on any atom is -0.504 e. The first kappa shape index (κ1) is 20.0. The Morgan fingerprint density at radius 3 is 2.84 bits per heavy atom. The van der Waals surface area contributed by atoms with Crippen LogP contribution in [0, 0.1) is 5.92 Å². The summed E-state index contributed by atoms with van der Waals surface area (Å²) in [7, 11) is 0. The second-order valence-corrected chi connectivity index (χ2v) is 12.7. The fourth-order valence-electron chi connectivity index (χ4n) is 9.46. The summed E-state index contributed by atoms with van der Waals surface area (Å²) < 4.78 is 9.41. The maximum Gasteiger partial charge on any atom is 0.166 e. The average molecular weight is 491 g/mol. The van der Waals surface area contributed by atoms with Crippen molar-refractivity contribution in [2.75, 3.05) is 13.1 Å². The van der Waals surface area contributed by atoms with Crippen molar-refractivity contribution in [3.05, 3.63) is 70.4 Å². The van der Waals surface area contributed by atoms with Gasteiger partial charge in [-0.15, -0.1) is 0 Å². The normalized spacial score (nSPS) is 32.6. The predicted molar refractivity (Wildman–Crippen MR) is 141 cm³/mol. The molecular weight excluding hydrogens is 460 g/mol. The zero-order valence-corrected chi connectivity index (χ0v) is 20.8. The summed E-state index contributed by atoms with van der Waals surface area (Å²) >= 11 is 0. The molecule has 37 heavy (non-hydrogen) atoms. The van der Waals surface area contributed by atoms with Crippen LogP contribution in [-0.4, -0.2) is 44.4 Å². The van der Waals surface area contributed by atoms with Crippen molar-refractivity contribution >= 4 is 21.7 Å². The topological polar surface area (TPSA) is 57.9 Å². The quantitative estimate of drug-likeness (QED) is 0.426. The molecule has 2 fully saturated rings. The number of phenolic OH excluding ortho intramolecular Hbond substituents is 1. The van der Waals surface area contributed by atoms with Crippen molar-refractivity contribution in [3.63, 3.8) is 0 Å². The van der Waals surface area contributed by atoms with Crippen molar-refractivity contribution in [1.29, 1.82) is 0 Å². The molecule has 2 N–H and O–H groups in total. The highest BCUT2D eigenvalue weighted by Gasteiger charge is 2.73. The zero-order valence-electron chi connectivity index (χ0n) is 20.8. The molecule has 0 amide bonds. The summed E-state index contributed by atoms with van der Waals surface area (Å²) in [5, 5.41) is 28.1. The van der Waals surface area contributed by atoms with Crippen LogP contribution in [0.2, 0.25) is 0 Å².